The number of hydrogen-bond donors (Lipinski definition) is 1. The fourth-order valence-electron chi connectivity index (χ4n) is 4.08. The molecule has 0 aliphatic rings. The Morgan fingerprint density at radius 3 is 2.08 bits per heavy atom. The molecule has 0 heterocycles. The molecule has 2 amide bonds. The first-order valence-corrected chi connectivity index (χ1v) is 14.7. The van der Waals surface area contributed by atoms with Crippen LogP contribution in [0.15, 0.2) is 83.8 Å². The number of rotatable bonds is 11. The van der Waals surface area contributed by atoms with Gasteiger partial charge in [0.05, 0.1) is 17.2 Å². The van der Waals surface area contributed by atoms with E-state index in [1.165, 1.54) is 17.0 Å². The molecule has 0 fully saturated rings. The van der Waals surface area contributed by atoms with Gasteiger partial charge in [0.25, 0.3) is 10.0 Å². The van der Waals surface area contributed by atoms with E-state index in [-0.39, 0.29) is 17.3 Å². The van der Waals surface area contributed by atoms with Crippen molar-refractivity contribution in [3.05, 3.63) is 90.0 Å². The fourth-order valence-corrected chi connectivity index (χ4v) is 5.49. The molecule has 3 aromatic rings. The number of benzene rings is 3. The Morgan fingerprint density at radius 1 is 0.925 bits per heavy atom. The van der Waals surface area contributed by atoms with Crippen molar-refractivity contribution in [2.45, 2.75) is 64.6 Å². The third-order valence-corrected chi connectivity index (χ3v) is 7.97. The van der Waals surface area contributed by atoms with E-state index in [4.69, 9.17) is 4.74 Å². The first kappa shape index (κ1) is 30.7. The second-order valence-corrected chi connectivity index (χ2v) is 12.5. The zero-order valence-electron chi connectivity index (χ0n) is 24.0. The van der Waals surface area contributed by atoms with E-state index in [1.807, 2.05) is 65.0 Å². The van der Waals surface area contributed by atoms with Crippen LogP contribution in [0.5, 0.6) is 5.75 Å². The Morgan fingerprint density at radius 2 is 1.52 bits per heavy atom. The molecule has 0 radical (unpaired) electrons. The summed E-state index contributed by atoms with van der Waals surface area (Å²) >= 11 is 0. The summed E-state index contributed by atoms with van der Waals surface area (Å²) in [6.07, 6.45) is 0. The Hall–Kier alpha value is -3.85. The summed E-state index contributed by atoms with van der Waals surface area (Å²) in [6, 6.07) is 21.5. The van der Waals surface area contributed by atoms with Crippen molar-refractivity contribution < 1.29 is 22.7 Å². The first-order valence-electron chi connectivity index (χ1n) is 13.3. The molecule has 1 N–H and O–H groups in total. The Labute approximate surface area is 238 Å². The average Bonchev–Trinajstić information content (AvgIpc) is 2.90. The van der Waals surface area contributed by atoms with E-state index in [0.717, 1.165) is 15.4 Å². The highest BCUT2D eigenvalue weighted by atomic mass is 32.2. The van der Waals surface area contributed by atoms with Crippen molar-refractivity contribution in [3.63, 3.8) is 0 Å². The third kappa shape index (κ3) is 8.08. The highest BCUT2D eigenvalue weighted by Gasteiger charge is 2.33. The minimum Gasteiger partial charge on any atom is -0.494 e. The van der Waals surface area contributed by atoms with Gasteiger partial charge in [-0.25, -0.2) is 8.42 Å². The van der Waals surface area contributed by atoms with Gasteiger partial charge in [0.15, 0.2) is 0 Å². The number of nitrogens with zero attached hydrogens (tertiary/aromatic N) is 2. The highest BCUT2D eigenvalue weighted by Crippen LogP contribution is 2.27. The SMILES string of the molecule is CCOc1ccc(N(CC(=O)N(Cc2ccccc2)[C@H](C)C(=O)NC(C)(C)C)S(=O)(=O)c2ccc(C)cc2)cc1. The molecule has 0 unspecified atom stereocenters. The van der Waals surface area contributed by atoms with E-state index < -0.39 is 34.1 Å². The lowest BCUT2D eigenvalue weighted by Gasteiger charge is -2.33. The Bertz CT molecular complexity index is 1380. The van der Waals surface area contributed by atoms with Crippen LogP contribution >= 0.6 is 0 Å². The number of ether oxygens (including phenoxy) is 1. The van der Waals surface area contributed by atoms with E-state index in [1.54, 1.807) is 43.3 Å². The molecule has 214 valence electrons. The molecular formula is C31H39N3O5S. The summed E-state index contributed by atoms with van der Waals surface area (Å²) in [5.41, 5.74) is 1.54. The van der Waals surface area contributed by atoms with Crippen LogP contribution in [-0.2, 0) is 26.2 Å². The monoisotopic (exact) mass is 565 g/mol. The number of nitrogens with one attached hydrogen (secondary N) is 1. The fraction of sp³-hybridized carbons (Fsp3) is 0.355. The molecule has 0 aliphatic carbocycles. The Balaban J connectivity index is 2.02. The van der Waals surface area contributed by atoms with Crippen LogP contribution < -0.4 is 14.4 Å². The molecule has 0 aliphatic heterocycles. The molecule has 0 saturated carbocycles. The van der Waals surface area contributed by atoms with Gasteiger partial charge >= 0.3 is 0 Å². The van der Waals surface area contributed by atoms with Crippen LogP contribution in [0.25, 0.3) is 0 Å². The molecule has 0 bridgehead atoms. The van der Waals surface area contributed by atoms with Crippen LogP contribution in [0.2, 0.25) is 0 Å². The third-order valence-electron chi connectivity index (χ3n) is 6.18. The lowest BCUT2D eigenvalue weighted by molar-refractivity contribution is -0.140. The van der Waals surface area contributed by atoms with Crippen molar-refractivity contribution in [1.82, 2.24) is 10.2 Å². The smallest absolute Gasteiger partial charge is 0.264 e. The maximum absolute atomic E-state index is 14.0. The summed E-state index contributed by atoms with van der Waals surface area (Å²) < 4.78 is 34.4. The van der Waals surface area contributed by atoms with Gasteiger partial charge in [0.1, 0.15) is 18.3 Å². The number of sulfonamides is 1. The van der Waals surface area contributed by atoms with E-state index in [0.29, 0.717) is 18.0 Å². The quantitative estimate of drug-likeness (QED) is 0.356. The summed E-state index contributed by atoms with van der Waals surface area (Å²) in [6.45, 7) is 11.1. The second kappa shape index (κ2) is 13.0. The van der Waals surface area contributed by atoms with Gasteiger partial charge in [-0.05, 0) is 83.5 Å². The Kier molecular flexibility index (Phi) is 9.98. The lowest BCUT2D eigenvalue weighted by atomic mass is 10.1. The number of amides is 2. The summed E-state index contributed by atoms with van der Waals surface area (Å²) in [5, 5.41) is 2.93. The van der Waals surface area contributed by atoms with Crippen LogP contribution in [-0.4, -0.2) is 49.9 Å². The van der Waals surface area contributed by atoms with E-state index in [2.05, 4.69) is 5.32 Å². The van der Waals surface area contributed by atoms with Crippen molar-refractivity contribution in [1.29, 1.82) is 0 Å². The number of carbonyl (C=O) groups is 2. The maximum Gasteiger partial charge on any atom is 0.264 e. The number of anilines is 1. The molecule has 0 spiro atoms. The van der Waals surface area contributed by atoms with Crippen LogP contribution in [0, 0.1) is 6.92 Å². The molecule has 1 atom stereocenters. The molecule has 0 saturated heterocycles. The van der Waals surface area contributed by atoms with Gasteiger partial charge in [-0.15, -0.1) is 0 Å². The number of carbonyl (C=O) groups excluding carboxylic acids is 2. The summed E-state index contributed by atoms with van der Waals surface area (Å²) in [5.74, 6) is -0.251. The molecule has 9 heteroatoms. The van der Waals surface area contributed by atoms with Crippen LogP contribution in [0.1, 0.15) is 45.7 Å². The topological polar surface area (TPSA) is 96.0 Å². The first-order chi connectivity index (χ1) is 18.8. The summed E-state index contributed by atoms with van der Waals surface area (Å²) in [4.78, 5) is 28.6. The number of aryl methyl sites for hydroxylation is 1. The molecule has 40 heavy (non-hydrogen) atoms. The predicted molar refractivity (Wildman–Crippen MR) is 158 cm³/mol. The van der Waals surface area contributed by atoms with Gasteiger partial charge in [0.2, 0.25) is 11.8 Å². The van der Waals surface area contributed by atoms with Crippen LogP contribution in [0.4, 0.5) is 5.69 Å². The normalized spacial score (nSPS) is 12.3. The second-order valence-electron chi connectivity index (χ2n) is 10.7. The van der Waals surface area contributed by atoms with E-state index in [9.17, 15) is 18.0 Å². The minimum absolute atomic E-state index is 0.0629. The molecule has 3 aromatic carbocycles. The average molecular weight is 566 g/mol. The van der Waals surface area contributed by atoms with Crippen molar-refractivity contribution in [2.75, 3.05) is 17.5 Å². The largest absolute Gasteiger partial charge is 0.494 e. The molecule has 8 nitrogen and oxygen atoms in total. The van der Waals surface area contributed by atoms with Crippen LogP contribution in [0.3, 0.4) is 0 Å². The van der Waals surface area contributed by atoms with Gasteiger partial charge in [0, 0.05) is 12.1 Å². The van der Waals surface area contributed by atoms with Crippen molar-refractivity contribution in [2.24, 2.45) is 0 Å². The van der Waals surface area contributed by atoms with E-state index >= 15 is 0 Å². The molecular weight excluding hydrogens is 526 g/mol. The van der Waals surface area contributed by atoms with Gasteiger partial charge in [-0.3, -0.25) is 13.9 Å². The van der Waals surface area contributed by atoms with Crippen molar-refractivity contribution in [3.8, 4) is 5.75 Å². The number of hydrogen-bond acceptors (Lipinski definition) is 5. The van der Waals surface area contributed by atoms with Crippen molar-refractivity contribution >= 4 is 27.5 Å². The zero-order valence-corrected chi connectivity index (χ0v) is 24.9. The molecule has 0 aromatic heterocycles. The minimum atomic E-state index is -4.13. The van der Waals surface area contributed by atoms with Gasteiger partial charge in [-0.1, -0.05) is 48.0 Å². The molecule has 3 rings (SSSR count). The standard InChI is InChI=1S/C31H39N3O5S/c1-7-39-27-17-15-26(16-18-27)34(40(37,38)28-19-13-23(2)14-20-28)22-29(35)33(21-25-11-9-8-10-12-25)24(3)30(36)32-31(4,5)6/h8-20,24H,7,21-22H2,1-6H3,(H,32,36)/t24-/m1/s1. The van der Waals surface area contributed by atoms with Gasteiger partial charge in [-0.2, -0.15) is 0 Å². The maximum atomic E-state index is 14.0. The predicted octanol–water partition coefficient (Wildman–Crippen LogP) is 4.92. The highest BCUT2D eigenvalue weighted by molar-refractivity contribution is 7.92. The van der Waals surface area contributed by atoms with Gasteiger partial charge < -0.3 is 15.0 Å². The zero-order chi connectivity index (χ0) is 29.5. The summed E-state index contributed by atoms with van der Waals surface area (Å²) in [7, 11) is -4.13. The lowest BCUT2D eigenvalue weighted by Crippen LogP contribution is -2.54.